The summed E-state index contributed by atoms with van der Waals surface area (Å²) in [5.74, 6) is 0.953. The molecule has 7 heteroatoms. The second-order valence-corrected chi connectivity index (χ2v) is 6.21. The summed E-state index contributed by atoms with van der Waals surface area (Å²) in [5, 5.41) is 5.67. The zero-order valence-electron chi connectivity index (χ0n) is 16.0. The number of likely N-dealkylation sites (N-methyl/N-ethyl adjacent to an activating group) is 1. The van der Waals surface area contributed by atoms with E-state index in [9.17, 15) is 9.59 Å². The van der Waals surface area contributed by atoms with Crippen LogP contribution < -0.4 is 25.0 Å². The van der Waals surface area contributed by atoms with E-state index in [4.69, 9.17) is 9.47 Å². The van der Waals surface area contributed by atoms with E-state index in [1.807, 2.05) is 12.1 Å². The molecule has 0 radical (unpaired) electrons. The van der Waals surface area contributed by atoms with Crippen LogP contribution in [-0.2, 0) is 9.59 Å². The molecule has 0 aromatic heterocycles. The fourth-order valence-corrected chi connectivity index (χ4v) is 2.50. The Morgan fingerprint density at radius 2 is 1.67 bits per heavy atom. The third-order valence-corrected chi connectivity index (χ3v) is 4.31. The molecule has 7 nitrogen and oxygen atoms in total. The van der Waals surface area contributed by atoms with Crippen LogP contribution in [0.15, 0.2) is 48.5 Å². The van der Waals surface area contributed by atoms with Crippen LogP contribution in [-0.4, -0.2) is 45.7 Å². The molecule has 1 unspecified atom stereocenters. The van der Waals surface area contributed by atoms with Crippen molar-refractivity contribution in [1.29, 1.82) is 0 Å². The minimum atomic E-state index is -0.420. The van der Waals surface area contributed by atoms with Crippen LogP contribution in [0, 0.1) is 0 Å². The molecular formula is C20H26N3O4+. The first-order valence-electron chi connectivity index (χ1n) is 8.64. The standard InChI is InChI=1S/C20H25N3O4/c1-14(20(25)22-17-7-5-6-8-18(17)27-4)23(2)13-19(24)21-15-9-11-16(26-3)12-10-15/h5-12,14H,13H2,1-4H3,(H,21,24)(H,22,25)/p+1/t14-/m0/s1. The van der Waals surface area contributed by atoms with E-state index in [1.54, 1.807) is 64.6 Å². The average molecular weight is 372 g/mol. The number of anilines is 2. The van der Waals surface area contributed by atoms with Crippen molar-refractivity contribution in [2.24, 2.45) is 0 Å². The molecule has 2 aromatic carbocycles. The fourth-order valence-electron chi connectivity index (χ4n) is 2.50. The first-order chi connectivity index (χ1) is 12.9. The van der Waals surface area contributed by atoms with Crippen LogP contribution in [0.4, 0.5) is 11.4 Å². The predicted octanol–water partition coefficient (Wildman–Crippen LogP) is 1.18. The maximum absolute atomic E-state index is 12.5. The van der Waals surface area contributed by atoms with E-state index in [0.717, 1.165) is 10.6 Å². The molecular weight excluding hydrogens is 346 g/mol. The van der Waals surface area contributed by atoms with Gasteiger partial charge < -0.3 is 25.0 Å². The van der Waals surface area contributed by atoms with E-state index in [2.05, 4.69) is 10.6 Å². The first kappa shape index (κ1) is 20.3. The number of hydrogen-bond donors (Lipinski definition) is 3. The molecule has 144 valence electrons. The lowest BCUT2D eigenvalue weighted by Crippen LogP contribution is -3.14. The van der Waals surface area contributed by atoms with E-state index in [-0.39, 0.29) is 18.4 Å². The predicted molar refractivity (Wildman–Crippen MR) is 104 cm³/mol. The van der Waals surface area contributed by atoms with Gasteiger partial charge >= 0.3 is 0 Å². The number of carbonyl (C=O) groups is 2. The Hall–Kier alpha value is -3.06. The van der Waals surface area contributed by atoms with Crippen molar-refractivity contribution in [1.82, 2.24) is 0 Å². The molecule has 0 heterocycles. The highest BCUT2D eigenvalue weighted by molar-refractivity contribution is 5.95. The molecule has 27 heavy (non-hydrogen) atoms. The summed E-state index contributed by atoms with van der Waals surface area (Å²) >= 11 is 0. The molecule has 2 rings (SSSR count). The van der Waals surface area contributed by atoms with Crippen LogP contribution >= 0.6 is 0 Å². The monoisotopic (exact) mass is 372 g/mol. The molecule has 0 aliphatic heterocycles. The number of hydrogen-bond acceptors (Lipinski definition) is 4. The highest BCUT2D eigenvalue weighted by Crippen LogP contribution is 2.22. The van der Waals surface area contributed by atoms with Gasteiger partial charge in [-0.05, 0) is 43.3 Å². The summed E-state index contributed by atoms with van der Waals surface area (Å²) in [5.41, 5.74) is 1.28. The number of methoxy groups -OCH3 is 2. The minimum Gasteiger partial charge on any atom is -0.497 e. The topological polar surface area (TPSA) is 81.1 Å². The number of carbonyl (C=O) groups excluding carboxylic acids is 2. The maximum atomic E-state index is 12.5. The summed E-state index contributed by atoms with van der Waals surface area (Å²) in [4.78, 5) is 25.5. The second-order valence-electron chi connectivity index (χ2n) is 6.21. The van der Waals surface area contributed by atoms with Crippen molar-refractivity contribution in [3.05, 3.63) is 48.5 Å². The molecule has 0 aliphatic rings. The zero-order valence-corrected chi connectivity index (χ0v) is 16.0. The summed E-state index contributed by atoms with van der Waals surface area (Å²) in [6, 6.07) is 13.9. The van der Waals surface area contributed by atoms with Crippen molar-refractivity contribution in [2.45, 2.75) is 13.0 Å². The Bertz CT molecular complexity index is 777. The molecule has 0 fully saturated rings. The number of quaternary nitrogens is 1. The molecule has 0 saturated carbocycles. The van der Waals surface area contributed by atoms with E-state index >= 15 is 0 Å². The highest BCUT2D eigenvalue weighted by Gasteiger charge is 2.24. The molecule has 2 atom stereocenters. The number of amides is 2. The van der Waals surface area contributed by atoms with E-state index < -0.39 is 6.04 Å². The third kappa shape index (κ3) is 5.72. The van der Waals surface area contributed by atoms with Crippen LogP contribution in [0.3, 0.4) is 0 Å². The third-order valence-electron chi connectivity index (χ3n) is 4.31. The van der Waals surface area contributed by atoms with Crippen molar-refractivity contribution < 1.29 is 24.0 Å². The van der Waals surface area contributed by atoms with Crippen molar-refractivity contribution in [3.63, 3.8) is 0 Å². The van der Waals surface area contributed by atoms with E-state index in [1.165, 1.54) is 0 Å². The summed E-state index contributed by atoms with van der Waals surface area (Å²) < 4.78 is 10.3. The quantitative estimate of drug-likeness (QED) is 0.650. The first-order valence-corrected chi connectivity index (χ1v) is 8.64. The van der Waals surface area contributed by atoms with Gasteiger partial charge in [0.2, 0.25) is 0 Å². The lowest BCUT2D eigenvalue weighted by Gasteiger charge is -2.21. The maximum Gasteiger partial charge on any atom is 0.282 e. The number of rotatable bonds is 8. The van der Waals surface area contributed by atoms with Gasteiger partial charge in [0.05, 0.1) is 27.0 Å². The molecule has 0 saturated heterocycles. The summed E-state index contributed by atoms with van der Waals surface area (Å²) in [7, 11) is 4.94. The summed E-state index contributed by atoms with van der Waals surface area (Å²) in [6.45, 7) is 1.94. The van der Waals surface area contributed by atoms with Gasteiger partial charge in [-0.1, -0.05) is 12.1 Å². The van der Waals surface area contributed by atoms with Gasteiger partial charge in [-0.15, -0.1) is 0 Å². The van der Waals surface area contributed by atoms with Gasteiger partial charge in [-0.2, -0.15) is 0 Å². The molecule has 0 spiro atoms. The minimum absolute atomic E-state index is 0.159. The van der Waals surface area contributed by atoms with Crippen LogP contribution in [0.1, 0.15) is 6.92 Å². The SMILES string of the molecule is COc1ccc(NC(=O)C[NH+](C)[C@@H](C)C(=O)Nc2ccccc2OC)cc1. The Balaban J connectivity index is 1.90. The number of para-hydroxylation sites is 2. The average Bonchev–Trinajstić information content (AvgIpc) is 2.68. The van der Waals surface area contributed by atoms with Gasteiger partial charge in [0.25, 0.3) is 11.8 Å². The fraction of sp³-hybridized carbons (Fsp3) is 0.300. The smallest absolute Gasteiger partial charge is 0.282 e. The van der Waals surface area contributed by atoms with Crippen LogP contribution in [0.2, 0.25) is 0 Å². The van der Waals surface area contributed by atoms with Crippen molar-refractivity contribution in [2.75, 3.05) is 38.4 Å². The Labute approximate surface area is 159 Å². The highest BCUT2D eigenvalue weighted by atomic mass is 16.5. The second kappa shape index (κ2) is 9.59. The van der Waals surface area contributed by atoms with Crippen LogP contribution in [0.25, 0.3) is 0 Å². The van der Waals surface area contributed by atoms with Crippen LogP contribution in [0.5, 0.6) is 11.5 Å². The normalized spacial score (nSPS) is 12.6. The van der Waals surface area contributed by atoms with Gasteiger partial charge in [0.1, 0.15) is 11.5 Å². The van der Waals surface area contributed by atoms with Gasteiger partial charge in [-0.25, -0.2) is 0 Å². The lowest BCUT2D eigenvalue weighted by atomic mass is 10.2. The number of ether oxygens (including phenoxy) is 2. The number of nitrogens with one attached hydrogen (secondary N) is 3. The molecule has 0 bridgehead atoms. The Morgan fingerprint density at radius 3 is 2.30 bits per heavy atom. The van der Waals surface area contributed by atoms with Gasteiger partial charge in [0, 0.05) is 5.69 Å². The molecule has 0 aliphatic carbocycles. The molecule has 3 N–H and O–H groups in total. The lowest BCUT2D eigenvalue weighted by molar-refractivity contribution is -0.885. The molecule has 2 aromatic rings. The Morgan fingerprint density at radius 1 is 1.00 bits per heavy atom. The zero-order chi connectivity index (χ0) is 19.8. The van der Waals surface area contributed by atoms with E-state index in [0.29, 0.717) is 17.1 Å². The Kier molecular flexibility index (Phi) is 7.19. The molecule has 2 amide bonds. The summed E-state index contributed by atoms with van der Waals surface area (Å²) in [6.07, 6.45) is 0. The number of benzene rings is 2. The van der Waals surface area contributed by atoms with Crippen molar-refractivity contribution >= 4 is 23.2 Å². The largest absolute Gasteiger partial charge is 0.497 e. The van der Waals surface area contributed by atoms with Gasteiger partial charge in [-0.3, -0.25) is 9.59 Å². The van der Waals surface area contributed by atoms with Gasteiger partial charge in [0.15, 0.2) is 12.6 Å². The van der Waals surface area contributed by atoms with Crippen molar-refractivity contribution in [3.8, 4) is 11.5 Å².